The van der Waals surface area contributed by atoms with Gasteiger partial charge >= 0.3 is 0 Å². The van der Waals surface area contributed by atoms with Gasteiger partial charge in [-0.2, -0.15) is 0 Å². The largest absolute Gasteiger partial charge is 0.354 e. The lowest BCUT2D eigenvalue weighted by Gasteiger charge is -2.10. The van der Waals surface area contributed by atoms with Gasteiger partial charge in [0.25, 0.3) is 0 Å². The smallest absolute Gasteiger partial charge is 0.241 e. The van der Waals surface area contributed by atoms with Crippen LogP contribution in [0.3, 0.4) is 0 Å². The number of aromatic nitrogens is 1. The van der Waals surface area contributed by atoms with E-state index in [1.165, 1.54) is 6.92 Å². The lowest BCUT2D eigenvalue weighted by Crippen LogP contribution is -2.24. The van der Waals surface area contributed by atoms with Gasteiger partial charge in [-0.05, 0) is 42.7 Å². The molecule has 8 heteroatoms. The van der Waals surface area contributed by atoms with Crippen LogP contribution in [0, 0.1) is 13.8 Å². The first-order chi connectivity index (χ1) is 14.3. The van der Waals surface area contributed by atoms with Crippen molar-refractivity contribution in [2.24, 2.45) is 0 Å². The number of amides is 1. The SMILES string of the molecule is CC(=O)Nc1c(C)noc1C=Cc1ccc(C)c(S(=O)(=O)NCc2ccccc2)c1. The number of hydrogen-bond donors (Lipinski definition) is 2. The molecule has 3 rings (SSSR count). The van der Waals surface area contributed by atoms with E-state index < -0.39 is 10.0 Å². The molecule has 3 aromatic rings. The van der Waals surface area contributed by atoms with E-state index in [1.54, 1.807) is 38.1 Å². The zero-order valence-corrected chi connectivity index (χ0v) is 17.8. The fourth-order valence-corrected chi connectivity index (χ4v) is 4.16. The minimum atomic E-state index is -3.69. The number of anilines is 1. The maximum Gasteiger partial charge on any atom is 0.241 e. The number of carbonyl (C=O) groups is 1. The zero-order chi connectivity index (χ0) is 21.7. The summed E-state index contributed by atoms with van der Waals surface area (Å²) >= 11 is 0. The molecule has 0 saturated heterocycles. The Labute approximate surface area is 175 Å². The number of sulfonamides is 1. The molecule has 2 N–H and O–H groups in total. The van der Waals surface area contributed by atoms with Crippen molar-refractivity contribution in [2.45, 2.75) is 32.2 Å². The van der Waals surface area contributed by atoms with Gasteiger partial charge in [-0.25, -0.2) is 13.1 Å². The van der Waals surface area contributed by atoms with Gasteiger partial charge in [-0.1, -0.05) is 53.7 Å². The molecule has 0 saturated carbocycles. The normalized spacial score (nSPS) is 11.7. The third-order valence-electron chi connectivity index (χ3n) is 4.43. The lowest BCUT2D eigenvalue weighted by molar-refractivity contribution is -0.114. The predicted octanol–water partition coefficient (Wildman–Crippen LogP) is 3.90. The van der Waals surface area contributed by atoms with Crippen molar-refractivity contribution >= 4 is 33.8 Å². The van der Waals surface area contributed by atoms with Crippen LogP contribution in [-0.4, -0.2) is 19.5 Å². The number of aryl methyl sites for hydroxylation is 2. The first kappa shape index (κ1) is 21.5. The first-order valence-electron chi connectivity index (χ1n) is 9.32. The van der Waals surface area contributed by atoms with Crippen molar-refractivity contribution in [1.82, 2.24) is 9.88 Å². The van der Waals surface area contributed by atoms with Gasteiger partial charge in [-0.15, -0.1) is 0 Å². The van der Waals surface area contributed by atoms with Crippen LogP contribution in [0.2, 0.25) is 0 Å². The molecule has 30 heavy (non-hydrogen) atoms. The van der Waals surface area contributed by atoms with E-state index in [4.69, 9.17) is 4.52 Å². The first-order valence-corrected chi connectivity index (χ1v) is 10.8. The van der Waals surface area contributed by atoms with Crippen LogP contribution in [0.5, 0.6) is 0 Å². The van der Waals surface area contributed by atoms with Crippen molar-refractivity contribution in [3.05, 3.63) is 76.7 Å². The van der Waals surface area contributed by atoms with E-state index in [2.05, 4.69) is 15.2 Å². The van der Waals surface area contributed by atoms with Crippen molar-refractivity contribution in [3.8, 4) is 0 Å². The summed E-state index contributed by atoms with van der Waals surface area (Å²) < 4.78 is 33.5. The van der Waals surface area contributed by atoms with Crippen molar-refractivity contribution in [1.29, 1.82) is 0 Å². The van der Waals surface area contributed by atoms with Crippen LogP contribution in [-0.2, 0) is 21.4 Å². The molecule has 156 valence electrons. The molecule has 7 nitrogen and oxygen atoms in total. The third-order valence-corrected chi connectivity index (χ3v) is 5.97. The monoisotopic (exact) mass is 425 g/mol. The Morgan fingerprint density at radius 1 is 1.10 bits per heavy atom. The molecule has 0 spiro atoms. The highest BCUT2D eigenvalue weighted by Gasteiger charge is 2.17. The van der Waals surface area contributed by atoms with Gasteiger partial charge in [0.15, 0.2) is 5.76 Å². The molecule has 2 aromatic carbocycles. The van der Waals surface area contributed by atoms with Gasteiger partial charge in [0.1, 0.15) is 11.4 Å². The maximum atomic E-state index is 12.8. The summed E-state index contributed by atoms with van der Waals surface area (Å²) in [5.41, 5.74) is 3.23. The minimum absolute atomic E-state index is 0.205. The molecule has 0 radical (unpaired) electrons. The second-order valence-corrected chi connectivity index (χ2v) is 8.59. The van der Waals surface area contributed by atoms with Gasteiger partial charge in [0.2, 0.25) is 15.9 Å². The van der Waals surface area contributed by atoms with Gasteiger partial charge < -0.3 is 9.84 Å². The summed E-state index contributed by atoms with van der Waals surface area (Å²) in [7, 11) is -3.69. The molecule has 0 aliphatic rings. The van der Waals surface area contributed by atoms with Crippen LogP contribution < -0.4 is 10.0 Å². The van der Waals surface area contributed by atoms with E-state index in [0.717, 1.165) is 5.56 Å². The van der Waals surface area contributed by atoms with Crippen LogP contribution in [0.25, 0.3) is 12.2 Å². The number of rotatable bonds is 7. The number of carbonyl (C=O) groups excluding carboxylic acids is 1. The maximum absolute atomic E-state index is 12.8. The van der Waals surface area contributed by atoms with Crippen LogP contribution in [0.15, 0.2) is 57.9 Å². The van der Waals surface area contributed by atoms with Crippen LogP contribution >= 0.6 is 0 Å². The van der Waals surface area contributed by atoms with E-state index in [-0.39, 0.29) is 17.3 Å². The molecule has 0 bridgehead atoms. The minimum Gasteiger partial charge on any atom is -0.354 e. The Morgan fingerprint density at radius 3 is 2.53 bits per heavy atom. The van der Waals surface area contributed by atoms with E-state index in [0.29, 0.717) is 28.3 Å². The van der Waals surface area contributed by atoms with E-state index in [1.807, 2.05) is 36.4 Å². The molecule has 0 aliphatic carbocycles. The van der Waals surface area contributed by atoms with Crippen molar-refractivity contribution in [2.75, 3.05) is 5.32 Å². The summed E-state index contributed by atoms with van der Waals surface area (Å²) in [6.45, 7) is 5.08. The molecule has 1 amide bonds. The Balaban J connectivity index is 1.83. The standard InChI is InChI=1S/C22H23N3O4S/c1-15-9-10-18(11-12-20-22(24-17(3)26)16(2)25-29-20)13-21(15)30(27,28)23-14-19-7-5-4-6-8-19/h4-13,23H,14H2,1-3H3,(H,24,26). The Bertz CT molecular complexity index is 1180. The lowest BCUT2D eigenvalue weighted by atomic mass is 10.1. The summed E-state index contributed by atoms with van der Waals surface area (Å²) in [5.74, 6) is 0.152. The number of nitrogens with zero attached hydrogens (tertiary/aromatic N) is 1. The summed E-state index contributed by atoms with van der Waals surface area (Å²) in [6.07, 6.45) is 3.35. The molecule has 0 fully saturated rings. The van der Waals surface area contributed by atoms with Crippen molar-refractivity contribution in [3.63, 3.8) is 0 Å². The molecule has 1 aromatic heterocycles. The summed E-state index contributed by atoms with van der Waals surface area (Å²) in [4.78, 5) is 11.6. The highest BCUT2D eigenvalue weighted by molar-refractivity contribution is 7.89. The zero-order valence-electron chi connectivity index (χ0n) is 17.0. The average Bonchev–Trinajstić information content (AvgIpc) is 3.05. The fraction of sp³-hybridized carbons (Fsp3) is 0.182. The topological polar surface area (TPSA) is 101 Å². The van der Waals surface area contributed by atoms with E-state index in [9.17, 15) is 13.2 Å². The van der Waals surface area contributed by atoms with Crippen molar-refractivity contribution < 1.29 is 17.7 Å². The molecule has 0 unspecified atom stereocenters. The average molecular weight is 426 g/mol. The predicted molar refractivity (Wildman–Crippen MR) is 116 cm³/mol. The summed E-state index contributed by atoms with van der Waals surface area (Å²) in [5, 5.41) is 6.54. The van der Waals surface area contributed by atoms with Gasteiger partial charge in [-0.3, -0.25) is 4.79 Å². The van der Waals surface area contributed by atoms with Crippen LogP contribution in [0.4, 0.5) is 5.69 Å². The highest BCUT2D eigenvalue weighted by Crippen LogP contribution is 2.24. The van der Waals surface area contributed by atoms with Crippen LogP contribution in [0.1, 0.15) is 35.1 Å². The Kier molecular flexibility index (Phi) is 6.49. The van der Waals surface area contributed by atoms with Gasteiger partial charge in [0.05, 0.1) is 4.90 Å². The number of hydrogen-bond acceptors (Lipinski definition) is 5. The quantitative estimate of drug-likeness (QED) is 0.598. The van der Waals surface area contributed by atoms with Gasteiger partial charge in [0, 0.05) is 13.5 Å². The Morgan fingerprint density at radius 2 is 1.83 bits per heavy atom. The number of nitrogens with one attached hydrogen (secondary N) is 2. The fourth-order valence-electron chi connectivity index (χ4n) is 2.86. The second-order valence-electron chi connectivity index (χ2n) is 6.86. The molecule has 1 heterocycles. The molecular weight excluding hydrogens is 402 g/mol. The third kappa shape index (κ3) is 5.22. The second kappa shape index (κ2) is 9.06. The number of benzene rings is 2. The summed E-state index contributed by atoms with van der Waals surface area (Å²) in [6, 6.07) is 14.5. The highest BCUT2D eigenvalue weighted by atomic mass is 32.2. The Hall–Kier alpha value is -3.23. The molecule has 0 aliphatic heterocycles. The van der Waals surface area contributed by atoms with E-state index >= 15 is 0 Å². The molecular formula is C22H23N3O4S. The molecule has 0 atom stereocenters.